The van der Waals surface area contributed by atoms with Crippen LogP contribution >= 0.6 is 15.9 Å². The zero-order valence-corrected chi connectivity index (χ0v) is 11.7. The number of anilines is 1. The Morgan fingerprint density at radius 1 is 1.53 bits per heavy atom. The maximum atomic E-state index is 11.1. The predicted octanol–water partition coefficient (Wildman–Crippen LogP) is 2.24. The normalized spacial score (nSPS) is 10.4. The van der Waals surface area contributed by atoms with Gasteiger partial charge in [0.15, 0.2) is 0 Å². The van der Waals surface area contributed by atoms with E-state index in [4.69, 9.17) is 5.11 Å². The highest BCUT2D eigenvalue weighted by atomic mass is 79.9. The quantitative estimate of drug-likeness (QED) is 0.796. The van der Waals surface area contributed by atoms with E-state index in [0.717, 1.165) is 13.0 Å². The number of hydrogen-bond donors (Lipinski definition) is 2. The molecule has 0 amide bonds. The molecule has 0 bridgehead atoms. The third-order valence-corrected chi connectivity index (χ3v) is 2.93. The lowest BCUT2D eigenvalue weighted by atomic mass is 10.2. The smallest absolute Gasteiger partial charge is 0.339 e. The first-order valence-corrected chi connectivity index (χ1v) is 6.56. The topological polar surface area (TPSA) is 80.0 Å². The summed E-state index contributed by atoms with van der Waals surface area (Å²) >= 11 is 3.21. The molecule has 0 aliphatic carbocycles. The molecule has 0 unspecified atom stereocenters. The molecule has 0 fully saturated rings. The number of halogens is 1. The summed E-state index contributed by atoms with van der Waals surface area (Å²) in [5.41, 5.74) is 0.161. The molecule has 2 N–H and O–H groups in total. The predicted molar refractivity (Wildman–Crippen MR) is 74.2 cm³/mol. The van der Waals surface area contributed by atoms with E-state index >= 15 is 0 Å². The van der Waals surface area contributed by atoms with Gasteiger partial charge in [0.1, 0.15) is 11.4 Å². The fourth-order valence-corrected chi connectivity index (χ4v) is 1.96. The Morgan fingerprint density at radius 3 is 3.05 bits per heavy atom. The van der Waals surface area contributed by atoms with Gasteiger partial charge in [0.25, 0.3) is 0 Å². The summed E-state index contributed by atoms with van der Waals surface area (Å²) in [6.45, 7) is 1.41. The zero-order chi connectivity index (χ0) is 13.7. The fraction of sp³-hybridized carbons (Fsp3) is 0.250. The van der Waals surface area contributed by atoms with Gasteiger partial charge >= 0.3 is 5.97 Å². The van der Waals surface area contributed by atoms with Crippen molar-refractivity contribution in [2.24, 2.45) is 0 Å². The summed E-state index contributed by atoms with van der Waals surface area (Å²) in [6.07, 6.45) is 6.02. The van der Waals surface area contributed by atoms with Crippen LogP contribution in [0.3, 0.4) is 0 Å². The molecule has 0 spiro atoms. The zero-order valence-electron chi connectivity index (χ0n) is 10.1. The molecule has 0 saturated heterocycles. The summed E-state index contributed by atoms with van der Waals surface area (Å²) in [4.78, 5) is 15.2. The summed E-state index contributed by atoms with van der Waals surface area (Å²) in [5, 5.41) is 16.2. The van der Waals surface area contributed by atoms with Crippen molar-refractivity contribution in [2.75, 3.05) is 11.9 Å². The van der Waals surface area contributed by atoms with Crippen LogP contribution in [0, 0.1) is 0 Å². The van der Waals surface area contributed by atoms with Gasteiger partial charge in [-0.25, -0.2) is 9.78 Å². The first kappa shape index (κ1) is 13.5. The van der Waals surface area contributed by atoms with E-state index in [1.807, 2.05) is 16.9 Å². The molecule has 6 nitrogen and oxygen atoms in total. The number of aromatic carboxylic acids is 1. The minimum absolute atomic E-state index is 0.161. The third kappa shape index (κ3) is 3.78. The Labute approximate surface area is 118 Å². The van der Waals surface area contributed by atoms with Gasteiger partial charge < -0.3 is 10.4 Å². The molecule has 7 heteroatoms. The molecule has 2 aromatic rings. The van der Waals surface area contributed by atoms with Gasteiger partial charge in [-0.1, -0.05) is 0 Å². The molecule has 0 aliphatic heterocycles. The second-order valence-corrected chi connectivity index (χ2v) is 4.82. The number of carboxylic acids is 1. The Hall–Kier alpha value is -1.89. The molecule has 0 aromatic carbocycles. The van der Waals surface area contributed by atoms with E-state index in [0.29, 0.717) is 16.8 Å². The number of nitrogens with zero attached hydrogens (tertiary/aromatic N) is 3. The maximum absolute atomic E-state index is 11.1. The number of aromatic nitrogens is 3. The molecule has 2 heterocycles. The highest BCUT2D eigenvalue weighted by molar-refractivity contribution is 9.10. The minimum atomic E-state index is -0.997. The van der Waals surface area contributed by atoms with E-state index in [1.54, 1.807) is 12.4 Å². The van der Waals surface area contributed by atoms with E-state index < -0.39 is 5.97 Å². The van der Waals surface area contributed by atoms with Crippen molar-refractivity contribution in [3.63, 3.8) is 0 Å². The molecule has 100 valence electrons. The van der Waals surface area contributed by atoms with Gasteiger partial charge in [-0.2, -0.15) is 5.10 Å². The number of aryl methyl sites for hydroxylation is 1. The molecule has 0 saturated carbocycles. The average molecular weight is 325 g/mol. The lowest BCUT2D eigenvalue weighted by Crippen LogP contribution is -2.11. The maximum Gasteiger partial charge on any atom is 0.339 e. The standard InChI is InChI=1S/C12H13BrN4O2/c13-9-7-10(12(18)19)11(15-8-9)14-3-1-5-17-6-2-4-16-17/h2,4,6-8H,1,3,5H2,(H,14,15)(H,18,19). The number of pyridine rings is 1. The Balaban J connectivity index is 1.90. The van der Waals surface area contributed by atoms with Crippen LogP contribution in [0.2, 0.25) is 0 Å². The van der Waals surface area contributed by atoms with Crippen molar-refractivity contribution in [1.29, 1.82) is 0 Å². The van der Waals surface area contributed by atoms with Crippen LogP contribution in [0.1, 0.15) is 16.8 Å². The number of nitrogens with one attached hydrogen (secondary N) is 1. The van der Waals surface area contributed by atoms with Crippen molar-refractivity contribution in [1.82, 2.24) is 14.8 Å². The largest absolute Gasteiger partial charge is 0.478 e. The Morgan fingerprint density at radius 2 is 2.37 bits per heavy atom. The minimum Gasteiger partial charge on any atom is -0.478 e. The van der Waals surface area contributed by atoms with E-state index in [2.05, 4.69) is 31.3 Å². The van der Waals surface area contributed by atoms with Crippen molar-refractivity contribution in [2.45, 2.75) is 13.0 Å². The van der Waals surface area contributed by atoms with Gasteiger partial charge in [-0.05, 0) is 34.5 Å². The van der Waals surface area contributed by atoms with E-state index in [9.17, 15) is 4.79 Å². The summed E-state index contributed by atoms with van der Waals surface area (Å²) < 4.78 is 2.47. The van der Waals surface area contributed by atoms with Crippen LogP contribution in [-0.2, 0) is 6.54 Å². The SMILES string of the molecule is O=C(O)c1cc(Br)cnc1NCCCn1cccn1. The molecular formula is C12H13BrN4O2. The number of carbonyl (C=O) groups is 1. The van der Waals surface area contributed by atoms with Gasteiger partial charge in [0.05, 0.1) is 0 Å². The van der Waals surface area contributed by atoms with Crippen molar-refractivity contribution in [3.05, 3.63) is 40.8 Å². The molecule has 0 radical (unpaired) electrons. The second kappa shape index (κ2) is 6.33. The Kier molecular flexibility index (Phi) is 4.51. The second-order valence-electron chi connectivity index (χ2n) is 3.90. The number of hydrogen-bond acceptors (Lipinski definition) is 4. The van der Waals surface area contributed by atoms with Gasteiger partial charge in [-0.3, -0.25) is 4.68 Å². The lowest BCUT2D eigenvalue weighted by Gasteiger charge is -2.08. The van der Waals surface area contributed by atoms with Crippen molar-refractivity contribution in [3.8, 4) is 0 Å². The summed E-state index contributed by atoms with van der Waals surface area (Å²) in [7, 11) is 0. The van der Waals surface area contributed by atoms with Gasteiger partial charge in [0.2, 0.25) is 0 Å². The van der Waals surface area contributed by atoms with Gasteiger partial charge in [0, 0.05) is 36.2 Å². The molecule has 2 aromatic heterocycles. The first-order chi connectivity index (χ1) is 9.16. The lowest BCUT2D eigenvalue weighted by molar-refractivity contribution is 0.0697. The summed E-state index contributed by atoms with van der Waals surface area (Å²) in [5.74, 6) is -0.612. The van der Waals surface area contributed by atoms with E-state index in [1.165, 1.54) is 6.07 Å². The highest BCUT2D eigenvalue weighted by Crippen LogP contribution is 2.17. The molecule has 0 atom stereocenters. The van der Waals surface area contributed by atoms with Crippen LogP contribution in [0.15, 0.2) is 35.2 Å². The molecular weight excluding hydrogens is 312 g/mol. The van der Waals surface area contributed by atoms with Crippen LogP contribution in [-0.4, -0.2) is 32.4 Å². The molecule has 19 heavy (non-hydrogen) atoms. The number of rotatable bonds is 6. The van der Waals surface area contributed by atoms with Crippen LogP contribution in [0.25, 0.3) is 0 Å². The summed E-state index contributed by atoms with van der Waals surface area (Å²) in [6, 6.07) is 3.40. The van der Waals surface area contributed by atoms with Gasteiger partial charge in [-0.15, -0.1) is 0 Å². The third-order valence-electron chi connectivity index (χ3n) is 2.50. The van der Waals surface area contributed by atoms with Crippen molar-refractivity contribution >= 4 is 27.7 Å². The monoisotopic (exact) mass is 324 g/mol. The van der Waals surface area contributed by atoms with E-state index in [-0.39, 0.29) is 5.56 Å². The fourth-order valence-electron chi connectivity index (χ4n) is 1.62. The average Bonchev–Trinajstić information content (AvgIpc) is 2.89. The van der Waals surface area contributed by atoms with Crippen LogP contribution in [0.5, 0.6) is 0 Å². The van der Waals surface area contributed by atoms with Crippen LogP contribution in [0.4, 0.5) is 5.82 Å². The molecule has 0 aliphatic rings. The highest BCUT2D eigenvalue weighted by Gasteiger charge is 2.11. The molecule has 2 rings (SSSR count). The number of carboxylic acid groups (broad SMARTS) is 1. The van der Waals surface area contributed by atoms with Crippen molar-refractivity contribution < 1.29 is 9.90 Å². The first-order valence-electron chi connectivity index (χ1n) is 5.77. The van der Waals surface area contributed by atoms with Crippen LogP contribution < -0.4 is 5.32 Å². The Bertz CT molecular complexity index is 557.